The number of hydrogen-bond donors (Lipinski definition) is 1. The minimum atomic E-state index is 1.14. The summed E-state index contributed by atoms with van der Waals surface area (Å²) in [5, 5.41) is 5.49. The molecule has 0 fully saturated rings. The zero-order valence-electron chi connectivity index (χ0n) is 6.72. The van der Waals surface area contributed by atoms with Gasteiger partial charge in [-0.1, -0.05) is 18.4 Å². The monoisotopic (exact) mass is 139 g/mol. The number of nitrogens with one attached hydrogen (secondary N) is 1. The van der Waals surface area contributed by atoms with Crippen LogP contribution < -0.4 is 5.01 Å². The van der Waals surface area contributed by atoms with Crippen LogP contribution in [0.2, 0.25) is 0 Å². The van der Waals surface area contributed by atoms with Crippen molar-refractivity contribution in [3.05, 3.63) is 12.3 Å². The molecule has 0 aromatic rings. The predicted octanol–water partition coefficient (Wildman–Crippen LogP) is 0.575. The molecule has 10 heavy (non-hydrogen) atoms. The second-order valence-electron chi connectivity index (χ2n) is 2.68. The van der Waals surface area contributed by atoms with Gasteiger partial charge in [0, 0.05) is 6.08 Å². The third kappa shape index (κ3) is 1.95. The van der Waals surface area contributed by atoms with E-state index in [1.807, 2.05) is 7.05 Å². The SMILES string of the molecule is CCCCC1=N[NH+](C)C=C1. The summed E-state index contributed by atoms with van der Waals surface area (Å²) in [7, 11) is 2.04. The summed E-state index contributed by atoms with van der Waals surface area (Å²) in [6.45, 7) is 2.20. The lowest BCUT2D eigenvalue weighted by Crippen LogP contribution is -2.98. The van der Waals surface area contributed by atoms with Crippen LogP contribution in [0, 0.1) is 0 Å². The minimum Gasteiger partial charge on any atom is -0.185 e. The maximum Gasteiger partial charge on any atom is 0.122 e. The van der Waals surface area contributed by atoms with E-state index in [1.165, 1.54) is 18.6 Å². The van der Waals surface area contributed by atoms with Gasteiger partial charge in [-0.05, 0) is 12.8 Å². The van der Waals surface area contributed by atoms with Gasteiger partial charge in [0.1, 0.15) is 11.9 Å². The Bertz CT molecular complexity index is 159. The van der Waals surface area contributed by atoms with E-state index in [2.05, 4.69) is 24.3 Å². The van der Waals surface area contributed by atoms with Crippen LogP contribution in [0.3, 0.4) is 0 Å². The molecule has 2 heteroatoms. The molecule has 0 saturated heterocycles. The van der Waals surface area contributed by atoms with Crippen molar-refractivity contribution in [2.24, 2.45) is 5.10 Å². The highest BCUT2D eigenvalue weighted by Crippen LogP contribution is 1.98. The van der Waals surface area contributed by atoms with E-state index in [9.17, 15) is 0 Å². The summed E-state index contributed by atoms with van der Waals surface area (Å²) in [5.74, 6) is 0. The number of rotatable bonds is 3. The highest BCUT2D eigenvalue weighted by Gasteiger charge is 2.06. The van der Waals surface area contributed by atoms with Crippen LogP contribution in [0.1, 0.15) is 26.2 Å². The Morgan fingerprint density at radius 3 is 2.90 bits per heavy atom. The molecule has 0 aromatic heterocycles. The first-order valence-electron chi connectivity index (χ1n) is 3.92. The molecule has 0 amide bonds. The van der Waals surface area contributed by atoms with Gasteiger partial charge in [0.2, 0.25) is 0 Å². The second-order valence-corrected chi connectivity index (χ2v) is 2.68. The van der Waals surface area contributed by atoms with E-state index >= 15 is 0 Å². The molecule has 1 N–H and O–H groups in total. The van der Waals surface area contributed by atoms with Crippen molar-refractivity contribution < 1.29 is 5.01 Å². The topological polar surface area (TPSA) is 16.8 Å². The fraction of sp³-hybridized carbons (Fsp3) is 0.625. The summed E-state index contributed by atoms with van der Waals surface area (Å²) in [6, 6.07) is 0. The summed E-state index contributed by atoms with van der Waals surface area (Å²) in [5.41, 5.74) is 1.25. The van der Waals surface area contributed by atoms with Gasteiger partial charge in [-0.15, -0.1) is 0 Å². The highest BCUT2D eigenvalue weighted by atomic mass is 15.4. The average molecular weight is 139 g/mol. The van der Waals surface area contributed by atoms with Gasteiger partial charge in [-0.3, -0.25) is 0 Å². The van der Waals surface area contributed by atoms with E-state index in [0.29, 0.717) is 0 Å². The Morgan fingerprint density at radius 2 is 2.40 bits per heavy atom. The molecule has 1 unspecified atom stereocenters. The fourth-order valence-corrected chi connectivity index (χ4v) is 1.01. The lowest BCUT2D eigenvalue weighted by molar-refractivity contribution is -0.829. The minimum absolute atomic E-state index is 1.14. The van der Waals surface area contributed by atoms with Gasteiger partial charge >= 0.3 is 0 Å². The first kappa shape index (κ1) is 7.48. The second kappa shape index (κ2) is 3.52. The van der Waals surface area contributed by atoms with Gasteiger partial charge in [-0.2, -0.15) is 5.01 Å². The third-order valence-electron chi connectivity index (χ3n) is 1.62. The number of nitrogens with zero attached hydrogens (tertiary/aromatic N) is 1. The van der Waals surface area contributed by atoms with E-state index in [1.54, 1.807) is 0 Å². The van der Waals surface area contributed by atoms with Crippen molar-refractivity contribution in [3.8, 4) is 0 Å². The van der Waals surface area contributed by atoms with Gasteiger partial charge in [-0.25, -0.2) is 0 Å². The molecule has 0 radical (unpaired) electrons. The average Bonchev–Trinajstić information content (AvgIpc) is 2.31. The summed E-state index contributed by atoms with van der Waals surface area (Å²) < 4.78 is 0. The molecule has 1 aliphatic heterocycles. The van der Waals surface area contributed by atoms with Crippen molar-refractivity contribution in [2.75, 3.05) is 7.05 Å². The van der Waals surface area contributed by atoms with Crippen LogP contribution in [-0.4, -0.2) is 12.8 Å². The van der Waals surface area contributed by atoms with E-state index < -0.39 is 0 Å². The molecule has 2 nitrogen and oxygen atoms in total. The number of hydrogen-bond acceptors (Lipinski definition) is 1. The molecule has 56 valence electrons. The molecule has 0 aliphatic carbocycles. The molecule has 1 heterocycles. The van der Waals surface area contributed by atoms with Crippen molar-refractivity contribution in [1.82, 2.24) is 0 Å². The molecular weight excluding hydrogens is 124 g/mol. The normalized spacial score (nSPS) is 23.4. The summed E-state index contributed by atoms with van der Waals surface area (Å²) >= 11 is 0. The zero-order valence-corrected chi connectivity index (χ0v) is 6.72. The standard InChI is InChI=1S/C8H14N2/c1-3-4-5-8-6-7-10(2)9-8/h6-7H,3-5H2,1-2H3/p+1. The van der Waals surface area contributed by atoms with Gasteiger partial charge in [0.25, 0.3) is 0 Å². The quantitative estimate of drug-likeness (QED) is 0.589. The van der Waals surface area contributed by atoms with Crippen molar-refractivity contribution in [2.45, 2.75) is 26.2 Å². The van der Waals surface area contributed by atoms with E-state index in [-0.39, 0.29) is 0 Å². The maximum absolute atomic E-state index is 4.35. The van der Waals surface area contributed by atoms with Gasteiger partial charge in [0.15, 0.2) is 0 Å². The Hall–Kier alpha value is -0.630. The predicted molar refractivity (Wildman–Crippen MR) is 43.0 cm³/mol. The van der Waals surface area contributed by atoms with Crippen LogP contribution in [-0.2, 0) is 0 Å². The lowest BCUT2D eigenvalue weighted by Gasteiger charge is -1.93. The molecule has 1 atom stereocenters. The van der Waals surface area contributed by atoms with Crippen LogP contribution in [0.25, 0.3) is 0 Å². The first-order chi connectivity index (χ1) is 4.83. The third-order valence-corrected chi connectivity index (χ3v) is 1.62. The number of quaternary nitrogens is 1. The van der Waals surface area contributed by atoms with Crippen LogP contribution in [0.4, 0.5) is 0 Å². The van der Waals surface area contributed by atoms with Crippen molar-refractivity contribution in [3.63, 3.8) is 0 Å². The Labute approximate surface area is 62.2 Å². The molecule has 1 rings (SSSR count). The smallest absolute Gasteiger partial charge is 0.122 e. The largest absolute Gasteiger partial charge is 0.185 e. The fourth-order valence-electron chi connectivity index (χ4n) is 1.01. The summed E-state index contributed by atoms with van der Waals surface area (Å²) in [4.78, 5) is 0. The first-order valence-corrected chi connectivity index (χ1v) is 3.92. The van der Waals surface area contributed by atoms with Gasteiger partial charge in [0.05, 0.1) is 7.05 Å². The van der Waals surface area contributed by atoms with E-state index in [4.69, 9.17) is 0 Å². The number of unbranched alkanes of at least 4 members (excludes halogenated alkanes) is 1. The molecule has 0 spiro atoms. The van der Waals surface area contributed by atoms with Gasteiger partial charge < -0.3 is 0 Å². The van der Waals surface area contributed by atoms with Crippen molar-refractivity contribution >= 4 is 5.71 Å². The van der Waals surface area contributed by atoms with Crippen molar-refractivity contribution in [1.29, 1.82) is 0 Å². The maximum atomic E-state index is 4.35. The van der Waals surface area contributed by atoms with E-state index in [0.717, 1.165) is 11.4 Å². The highest BCUT2D eigenvalue weighted by molar-refractivity contribution is 5.94. The Kier molecular flexibility index (Phi) is 2.63. The lowest BCUT2D eigenvalue weighted by atomic mass is 10.2. The molecule has 1 aliphatic rings. The Morgan fingerprint density at radius 1 is 1.60 bits per heavy atom. The summed E-state index contributed by atoms with van der Waals surface area (Å²) in [6.07, 6.45) is 7.85. The number of allylic oxidation sites excluding steroid dienone is 1. The molecule has 0 bridgehead atoms. The molecular formula is C8H15N2+. The molecule has 0 aromatic carbocycles. The Balaban J connectivity index is 2.30. The molecule has 0 saturated carbocycles. The zero-order chi connectivity index (χ0) is 7.40. The van der Waals surface area contributed by atoms with Crippen LogP contribution in [0.5, 0.6) is 0 Å². The van der Waals surface area contributed by atoms with Crippen LogP contribution in [0.15, 0.2) is 17.4 Å². The van der Waals surface area contributed by atoms with Crippen LogP contribution >= 0.6 is 0 Å².